The van der Waals surface area contributed by atoms with E-state index >= 15 is 0 Å². The minimum atomic E-state index is -5.82. The highest BCUT2D eigenvalue weighted by atomic mass is 35.5. The number of benzene rings is 2. The van der Waals surface area contributed by atoms with E-state index in [1.54, 1.807) is 12.1 Å². The van der Waals surface area contributed by atoms with Gasteiger partial charge in [0, 0.05) is 23.1 Å². The summed E-state index contributed by atoms with van der Waals surface area (Å²) in [7, 11) is -5.82. The molecule has 0 atom stereocenters. The van der Waals surface area contributed by atoms with E-state index < -0.39 is 27.3 Å². The van der Waals surface area contributed by atoms with Gasteiger partial charge in [0.15, 0.2) is 0 Å². The standard InChI is InChI=1S/C17H12ClF3N2O5S/c1-11(25)23(10-24)22-16(12-2-6-14(18)7-3-12)13-4-8-15(9-5-13)28-29(26,27)17(19,20)21/h2-10H,1H3/b22-16-. The Bertz CT molecular complexity index is 1040. The molecule has 0 spiro atoms. The summed E-state index contributed by atoms with van der Waals surface area (Å²) in [5.41, 5.74) is -4.78. The normalized spacial score (nSPS) is 12.4. The number of imide groups is 1. The highest BCUT2D eigenvalue weighted by molar-refractivity contribution is 7.88. The lowest BCUT2D eigenvalue weighted by atomic mass is 10.0. The van der Waals surface area contributed by atoms with Crippen molar-refractivity contribution in [1.82, 2.24) is 5.01 Å². The maximum absolute atomic E-state index is 12.4. The van der Waals surface area contributed by atoms with Gasteiger partial charge in [0.25, 0.3) is 0 Å². The average molecular weight is 449 g/mol. The molecular weight excluding hydrogens is 437 g/mol. The molecule has 0 radical (unpaired) electrons. The zero-order valence-corrected chi connectivity index (χ0v) is 16.1. The van der Waals surface area contributed by atoms with Gasteiger partial charge in [0.2, 0.25) is 12.3 Å². The van der Waals surface area contributed by atoms with Gasteiger partial charge in [0.1, 0.15) is 5.75 Å². The van der Waals surface area contributed by atoms with Gasteiger partial charge < -0.3 is 4.18 Å². The SMILES string of the molecule is CC(=O)N(C=O)/N=C(/c1ccc(Cl)cc1)c1ccc(OS(=O)(=O)C(F)(F)F)cc1. The van der Waals surface area contributed by atoms with Gasteiger partial charge in [-0.25, -0.2) is 0 Å². The summed E-state index contributed by atoms with van der Waals surface area (Å²) < 4.78 is 63.5. The van der Waals surface area contributed by atoms with Crippen molar-refractivity contribution in [3.8, 4) is 5.75 Å². The Hall–Kier alpha value is -2.92. The molecule has 0 saturated carbocycles. The van der Waals surface area contributed by atoms with E-state index in [0.29, 0.717) is 15.6 Å². The maximum Gasteiger partial charge on any atom is 0.534 e. The van der Waals surface area contributed by atoms with Gasteiger partial charge in [-0.3, -0.25) is 9.59 Å². The van der Waals surface area contributed by atoms with Crippen LogP contribution in [0.25, 0.3) is 0 Å². The topological polar surface area (TPSA) is 93.1 Å². The Morgan fingerprint density at radius 2 is 1.55 bits per heavy atom. The van der Waals surface area contributed by atoms with E-state index in [1.807, 2.05) is 0 Å². The van der Waals surface area contributed by atoms with Crippen LogP contribution in [0.15, 0.2) is 53.6 Å². The van der Waals surface area contributed by atoms with Crippen molar-refractivity contribution in [2.45, 2.75) is 12.4 Å². The number of halogens is 4. The maximum atomic E-state index is 12.4. The van der Waals surface area contributed by atoms with E-state index in [1.165, 1.54) is 24.3 Å². The summed E-state index contributed by atoms with van der Waals surface area (Å²) in [4.78, 5) is 22.6. The van der Waals surface area contributed by atoms with Gasteiger partial charge >= 0.3 is 15.6 Å². The number of rotatable bonds is 6. The minimum Gasteiger partial charge on any atom is -0.376 e. The Labute approximate surface area is 168 Å². The summed E-state index contributed by atoms with van der Waals surface area (Å²) in [6, 6.07) is 10.5. The second-order valence-electron chi connectivity index (χ2n) is 5.43. The van der Waals surface area contributed by atoms with Crippen LogP contribution in [0.5, 0.6) is 5.75 Å². The van der Waals surface area contributed by atoms with Crippen LogP contribution in [0.2, 0.25) is 5.02 Å². The van der Waals surface area contributed by atoms with Crippen LogP contribution in [0.3, 0.4) is 0 Å². The molecule has 2 rings (SSSR count). The molecule has 0 aromatic heterocycles. The van der Waals surface area contributed by atoms with Gasteiger partial charge in [-0.2, -0.15) is 31.7 Å². The summed E-state index contributed by atoms with van der Waals surface area (Å²) in [5.74, 6) is -1.26. The molecule has 0 aliphatic heterocycles. The lowest BCUT2D eigenvalue weighted by Crippen LogP contribution is -2.28. The predicted octanol–water partition coefficient (Wildman–Crippen LogP) is 3.33. The predicted molar refractivity (Wildman–Crippen MR) is 97.7 cm³/mol. The Morgan fingerprint density at radius 3 is 1.97 bits per heavy atom. The second-order valence-corrected chi connectivity index (χ2v) is 7.41. The number of alkyl halides is 3. The summed E-state index contributed by atoms with van der Waals surface area (Å²) >= 11 is 5.84. The van der Waals surface area contributed by atoms with Crippen molar-refractivity contribution in [1.29, 1.82) is 0 Å². The molecule has 154 valence electrons. The lowest BCUT2D eigenvalue weighted by molar-refractivity contribution is -0.136. The fraction of sp³-hybridized carbons (Fsp3) is 0.118. The van der Waals surface area contributed by atoms with E-state index in [9.17, 15) is 31.2 Å². The third kappa shape index (κ3) is 5.55. The largest absolute Gasteiger partial charge is 0.534 e. The molecule has 0 N–H and O–H groups in total. The third-order valence-corrected chi connectivity index (χ3v) is 4.60. The highest BCUT2D eigenvalue weighted by Crippen LogP contribution is 2.27. The van der Waals surface area contributed by atoms with Crippen LogP contribution < -0.4 is 4.18 Å². The van der Waals surface area contributed by atoms with Gasteiger partial charge in [-0.15, -0.1) is 0 Å². The van der Waals surface area contributed by atoms with Gasteiger partial charge in [-0.05, 0) is 36.4 Å². The van der Waals surface area contributed by atoms with Crippen LogP contribution >= 0.6 is 11.6 Å². The molecule has 7 nitrogen and oxygen atoms in total. The lowest BCUT2D eigenvalue weighted by Gasteiger charge is -2.13. The van der Waals surface area contributed by atoms with Gasteiger partial charge in [-0.1, -0.05) is 23.7 Å². The Balaban J connectivity index is 2.47. The fourth-order valence-electron chi connectivity index (χ4n) is 2.01. The monoisotopic (exact) mass is 448 g/mol. The summed E-state index contributed by atoms with van der Waals surface area (Å²) in [6.45, 7) is 1.11. The summed E-state index contributed by atoms with van der Waals surface area (Å²) in [5, 5.41) is 4.90. The first-order chi connectivity index (χ1) is 13.4. The molecule has 2 amide bonds. The molecular formula is C17H12ClF3N2O5S. The number of carbonyl (C=O) groups excluding carboxylic acids is 2. The van der Waals surface area contributed by atoms with Crippen molar-refractivity contribution < 1.29 is 35.4 Å². The average Bonchev–Trinajstić information content (AvgIpc) is 2.63. The quantitative estimate of drug-likeness (QED) is 0.222. The third-order valence-electron chi connectivity index (χ3n) is 3.37. The highest BCUT2D eigenvalue weighted by Gasteiger charge is 2.48. The van der Waals surface area contributed by atoms with Gasteiger partial charge in [0.05, 0.1) is 5.71 Å². The van der Waals surface area contributed by atoms with Crippen molar-refractivity contribution in [2.24, 2.45) is 5.10 Å². The second kappa shape index (κ2) is 8.62. The van der Waals surface area contributed by atoms with Crippen molar-refractivity contribution in [3.63, 3.8) is 0 Å². The van der Waals surface area contributed by atoms with Crippen molar-refractivity contribution >= 4 is 39.7 Å². The number of hydrogen-bond acceptors (Lipinski definition) is 6. The van der Waals surface area contributed by atoms with Crippen LogP contribution in [-0.2, 0) is 19.7 Å². The Kier molecular flexibility index (Phi) is 6.65. The van der Waals surface area contributed by atoms with Crippen molar-refractivity contribution in [2.75, 3.05) is 0 Å². The zero-order chi connectivity index (χ0) is 21.8. The molecule has 0 fully saturated rings. The molecule has 0 aliphatic rings. The molecule has 12 heteroatoms. The first-order valence-corrected chi connectivity index (χ1v) is 9.44. The number of hydrogen-bond donors (Lipinski definition) is 0. The number of amides is 2. The Morgan fingerprint density at radius 1 is 1.07 bits per heavy atom. The zero-order valence-electron chi connectivity index (χ0n) is 14.6. The fourth-order valence-corrected chi connectivity index (χ4v) is 2.59. The minimum absolute atomic E-state index is 0.106. The van der Waals surface area contributed by atoms with E-state index in [0.717, 1.165) is 19.1 Å². The van der Waals surface area contributed by atoms with Crippen molar-refractivity contribution in [3.05, 3.63) is 64.7 Å². The van der Waals surface area contributed by atoms with E-state index in [-0.39, 0.29) is 17.7 Å². The first kappa shape index (κ1) is 22.4. The van der Waals surface area contributed by atoms with E-state index in [4.69, 9.17) is 11.6 Å². The van der Waals surface area contributed by atoms with E-state index in [2.05, 4.69) is 9.28 Å². The molecule has 0 saturated heterocycles. The van der Waals surface area contributed by atoms with Crippen LogP contribution in [0, 0.1) is 0 Å². The molecule has 0 heterocycles. The molecule has 29 heavy (non-hydrogen) atoms. The first-order valence-electron chi connectivity index (χ1n) is 7.65. The van der Waals surface area contributed by atoms with Crippen LogP contribution in [0.4, 0.5) is 13.2 Å². The number of nitrogens with zero attached hydrogens (tertiary/aromatic N) is 2. The molecule has 0 unspecified atom stereocenters. The molecule has 0 bridgehead atoms. The molecule has 0 aliphatic carbocycles. The summed E-state index contributed by atoms with van der Waals surface area (Å²) in [6.07, 6.45) is 0.186. The number of hydrazone groups is 1. The van der Waals surface area contributed by atoms with Crippen LogP contribution in [0.1, 0.15) is 18.1 Å². The molecule has 2 aromatic rings. The smallest absolute Gasteiger partial charge is 0.376 e. The molecule has 2 aromatic carbocycles. The van der Waals surface area contributed by atoms with Crippen LogP contribution in [-0.4, -0.2) is 37.0 Å². The number of carbonyl (C=O) groups is 2.